The maximum Gasteiger partial charge on any atom is 0.161 e. The Morgan fingerprint density at radius 3 is 2.58 bits per heavy atom. The van der Waals surface area contributed by atoms with Crippen molar-refractivity contribution in [3.05, 3.63) is 59.2 Å². The van der Waals surface area contributed by atoms with Gasteiger partial charge in [-0.15, -0.1) is 0 Å². The highest BCUT2D eigenvalue weighted by molar-refractivity contribution is 5.43. The molecule has 4 nitrogen and oxygen atoms in total. The molecule has 0 bridgehead atoms. The van der Waals surface area contributed by atoms with Crippen molar-refractivity contribution < 1.29 is 14.6 Å². The van der Waals surface area contributed by atoms with E-state index in [-0.39, 0.29) is 6.10 Å². The zero-order valence-electron chi connectivity index (χ0n) is 14.7. The third kappa shape index (κ3) is 5.87. The van der Waals surface area contributed by atoms with Gasteiger partial charge in [-0.25, -0.2) is 0 Å². The normalized spacial score (nSPS) is 12.0. The predicted molar refractivity (Wildman–Crippen MR) is 96.5 cm³/mol. The van der Waals surface area contributed by atoms with E-state index in [1.54, 1.807) is 6.92 Å². The Hall–Kier alpha value is -2.04. The van der Waals surface area contributed by atoms with Crippen LogP contribution < -0.4 is 14.8 Å². The molecule has 0 aliphatic heterocycles. The van der Waals surface area contributed by atoms with Crippen LogP contribution in [-0.2, 0) is 13.2 Å². The molecule has 0 radical (unpaired) electrons. The summed E-state index contributed by atoms with van der Waals surface area (Å²) in [6.07, 6.45) is -0.353. The zero-order valence-corrected chi connectivity index (χ0v) is 14.7. The second kappa shape index (κ2) is 9.30. The van der Waals surface area contributed by atoms with Gasteiger partial charge in [0.05, 0.1) is 12.7 Å². The Morgan fingerprint density at radius 1 is 1.04 bits per heavy atom. The van der Waals surface area contributed by atoms with Gasteiger partial charge in [-0.3, -0.25) is 0 Å². The van der Waals surface area contributed by atoms with Crippen molar-refractivity contribution in [2.45, 2.75) is 40.0 Å². The third-order valence-corrected chi connectivity index (χ3v) is 3.55. The van der Waals surface area contributed by atoms with E-state index in [0.29, 0.717) is 26.3 Å². The van der Waals surface area contributed by atoms with E-state index in [0.717, 1.165) is 22.6 Å². The lowest BCUT2D eigenvalue weighted by atomic mass is 10.1. The molecule has 0 saturated carbocycles. The number of ether oxygens (including phenoxy) is 2. The average molecular weight is 329 g/mol. The van der Waals surface area contributed by atoms with Crippen molar-refractivity contribution >= 4 is 0 Å². The summed E-state index contributed by atoms with van der Waals surface area (Å²) in [5.41, 5.74) is 3.46. The quantitative estimate of drug-likeness (QED) is 0.740. The van der Waals surface area contributed by atoms with Crippen molar-refractivity contribution in [2.75, 3.05) is 13.2 Å². The van der Waals surface area contributed by atoms with E-state index in [4.69, 9.17) is 9.47 Å². The van der Waals surface area contributed by atoms with Gasteiger partial charge >= 0.3 is 0 Å². The lowest BCUT2D eigenvalue weighted by Crippen LogP contribution is -2.23. The van der Waals surface area contributed by atoms with E-state index in [9.17, 15) is 5.11 Å². The minimum Gasteiger partial charge on any atom is -0.490 e. The number of rotatable bonds is 9. The molecule has 2 N–H and O–H groups in total. The van der Waals surface area contributed by atoms with Crippen LogP contribution in [0.3, 0.4) is 0 Å². The number of hydrogen-bond acceptors (Lipinski definition) is 4. The molecular formula is C20H27NO3. The minimum absolute atomic E-state index is 0.353. The first-order chi connectivity index (χ1) is 11.6. The highest BCUT2D eigenvalue weighted by Crippen LogP contribution is 2.29. The second-order valence-electron chi connectivity index (χ2n) is 5.97. The molecule has 24 heavy (non-hydrogen) atoms. The van der Waals surface area contributed by atoms with Gasteiger partial charge < -0.3 is 19.9 Å². The van der Waals surface area contributed by atoms with Crippen LogP contribution in [0.15, 0.2) is 42.5 Å². The monoisotopic (exact) mass is 329 g/mol. The molecule has 0 heterocycles. The molecular weight excluding hydrogens is 302 g/mol. The van der Waals surface area contributed by atoms with E-state index in [1.165, 1.54) is 5.56 Å². The van der Waals surface area contributed by atoms with Crippen LogP contribution in [0.25, 0.3) is 0 Å². The molecule has 0 fully saturated rings. The van der Waals surface area contributed by atoms with Gasteiger partial charge in [-0.1, -0.05) is 35.9 Å². The van der Waals surface area contributed by atoms with Gasteiger partial charge in [0.15, 0.2) is 11.5 Å². The Labute approximate surface area is 144 Å². The van der Waals surface area contributed by atoms with Crippen LogP contribution >= 0.6 is 0 Å². The number of benzene rings is 2. The molecule has 0 amide bonds. The largest absolute Gasteiger partial charge is 0.490 e. The average Bonchev–Trinajstić information content (AvgIpc) is 2.54. The Morgan fingerprint density at radius 2 is 1.88 bits per heavy atom. The fraction of sp³-hybridized carbons (Fsp3) is 0.400. The van der Waals surface area contributed by atoms with Crippen LogP contribution in [0, 0.1) is 6.92 Å². The first-order valence-corrected chi connectivity index (χ1v) is 8.41. The maximum atomic E-state index is 9.30. The number of aryl methyl sites for hydroxylation is 1. The van der Waals surface area contributed by atoms with Crippen LogP contribution in [0.1, 0.15) is 30.5 Å². The lowest BCUT2D eigenvalue weighted by Gasteiger charge is -2.14. The predicted octanol–water partition coefficient (Wildman–Crippen LogP) is 3.44. The number of nitrogens with one attached hydrogen (secondary N) is 1. The molecule has 2 aromatic carbocycles. The van der Waals surface area contributed by atoms with Gasteiger partial charge in [0.2, 0.25) is 0 Å². The third-order valence-electron chi connectivity index (χ3n) is 3.55. The van der Waals surface area contributed by atoms with Crippen molar-refractivity contribution in [2.24, 2.45) is 0 Å². The summed E-state index contributed by atoms with van der Waals surface area (Å²) in [7, 11) is 0. The van der Waals surface area contributed by atoms with E-state index in [1.807, 2.05) is 31.2 Å². The molecule has 130 valence electrons. The van der Waals surface area contributed by atoms with Crippen molar-refractivity contribution in [1.82, 2.24) is 5.32 Å². The van der Waals surface area contributed by atoms with Crippen molar-refractivity contribution in [3.63, 3.8) is 0 Å². The molecule has 0 saturated heterocycles. The summed E-state index contributed by atoms with van der Waals surface area (Å²) in [6.45, 7) is 8.15. The van der Waals surface area contributed by atoms with Gasteiger partial charge in [0.1, 0.15) is 6.61 Å². The summed E-state index contributed by atoms with van der Waals surface area (Å²) in [5, 5.41) is 12.5. The maximum absolute atomic E-state index is 9.30. The smallest absolute Gasteiger partial charge is 0.161 e. The second-order valence-corrected chi connectivity index (χ2v) is 5.97. The Balaban J connectivity index is 2.02. The fourth-order valence-electron chi connectivity index (χ4n) is 2.44. The molecule has 0 unspecified atom stereocenters. The summed E-state index contributed by atoms with van der Waals surface area (Å²) in [4.78, 5) is 0. The van der Waals surface area contributed by atoms with Gasteiger partial charge in [0.25, 0.3) is 0 Å². The summed E-state index contributed by atoms with van der Waals surface area (Å²) < 4.78 is 11.7. The molecule has 0 aliphatic carbocycles. The highest BCUT2D eigenvalue weighted by Gasteiger charge is 2.07. The topological polar surface area (TPSA) is 50.7 Å². The Bertz CT molecular complexity index is 641. The van der Waals surface area contributed by atoms with Crippen molar-refractivity contribution in [3.8, 4) is 11.5 Å². The zero-order chi connectivity index (χ0) is 17.4. The highest BCUT2D eigenvalue weighted by atomic mass is 16.5. The van der Waals surface area contributed by atoms with Crippen LogP contribution in [0.5, 0.6) is 11.5 Å². The van der Waals surface area contributed by atoms with E-state index >= 15 is 0 Å². The molecule has 1 atom stereocenters. The standard InChI is InChI=1S/C20H27NO3/c1-4-23-20-11-17(13-21-12-16(3)22)8-9-19(20)24-14-18-7-5-6-15(2)10-18/h5-11,16,21-22H,4,12-14H2,1-3H3/t16-/m0/s1. The summed E-state index contributed by atoms with van der Waals surface area (Å²) in [6, 6.07) is 14.2. The molecule has 0 aromatic heterocycles. The van der Waals surface area contributed by atoms with Gasteiger partial charge in [-0.05, 0) is 44.0 Å². The Kier molecular flexibility index (Phi) is 7.09. The van der Waals surface area contributed by atoms with E-state index in [2.05, 4.69) is 30.4 Å². The molecule has 2 aromatic rings. The molecule has 4 heteroatoms. The minimum atomic E-state index is -0.353. The first-order valence-electron chi connectivity index (χ1n) is 8.41. The number of aliphatic hydroxyl groups excluding tert-OH is 1. The van der Waals surface area contributed by atoms with Crippen LogP contribution in [0.4, 0.5) is 0 Å². The molecule has 2 rings (SSSR count). The molecule has 0 aliphatic rings. The van der Waals surface area contributed by atoms with Crippen LogP contribution in [0.2, 0.25) is 0 Å². The van der Waals surface area contributed by atoms with Crippen LogP contribution in [-0.4, -0.2) is 24.4 Å². The summed E-state index contributed by atoms with van der Waals surface area (Å²) in [5.74, 6) is 1.50. The number of hydrogen-bond donors (Lipinski definition) is 2. The van der Waals surface area contributed by atoms with Gasteiger partial charge in [0, 0.05) is 13.1 Å². The first kappa shape index (κ1) is 18.3. The lowest BCUT2D eigenvalue weighted by molar-refractivity contribution is 0.191. The van der Waals surface area contributed by atoms with E-state index < -0.39 is 0 Å². The summed E-state index contributed by atoms with van der Waals surface area (Å²) >= 11 is 0. The SMILES string of the molecule is CCOc1cc(CNC[C@H](C)O)ccc1OCc1cccc(C)c1. The molecule has 0 spiro atoms. The number of aliphatic hydroxyl groups is 1. The fourth-order valence-corrected chi connectivity index (χ4v) is 2.44. The van der Waals surface area contributed by atoms with Crippen molar-refractivity contribution in [1.29, 1.82) is 0 Å². The van der Waals surface area contributed by atoms with Gasteiger partial charge in [-0.2, -0.15) is 0 Å².